The minimum Gasteiger partial charge on any atom is -0.354 e. The minimum atomic E-state index is 0.159. The number of amides is 1. The molecular formula is C16H27N5O. The fraction of sp³-hybridized carbons (Fsp3) is 0.812. The summed E-state index contributed by atoms with van der Waals surface area (Å²) in [5.74, 6) is 0.368. The number of rotatable bonds is 5. The maximum absolute atomic E-state index is 12.4. The molecule has 0 spiro atoms. The number of nitrogens with one attached hydrogen (secondary N) is 1. The molecule has 122 valence electrons. The van der Waals surface area contributed by atoms with Gasteiger partial charge in [-0.25, -0.2) is 0 Å². The Balaban J connectivity index is 1.43. The highest BCUT2D eigenvalue weighted by molar-refractivity contribution is 5.78. The van der Waals surface area contributed by atoms with Crippen LogP contribution < -0.4 is 5.32 Å². The van der Waals surface area contributed by atoms with Crippen LogP contribution in [0.3, 0.4) is 0 Å². The molecule has 22 heavy (non-hydrogen) atoms. The molecule has 1 aromatic rings. The van der Waals surface area contributed by atoms with Gasteiger partial charge in [0.25, 0.3) is 0 Å². The number of piperidine rings is 1. The summed E-state index contributed by atoms with van der Waals surface area (Å²) < 4.78 is 1.75. The quantitative estimate of drug-likeness (QED) is 0.894. The molecule has 2 fully saturated rings. The standard InChI is InChI=1S/C16H27N5O/c22-16(17-8-11-21-12-9-18-19-21)14-5-4-10-20(13-14)15-6-2-1-3-7-15/h9,12,14-15H,1-8,10-11,13H2,(H,17,22). The lowest BCUT2D eigenvalue weighted by atomic mass is 9.90. The van der Waals surface area contributed by atoms with E-state index in [4.69, 9.17) is 0 Å². The SMILES string of the molecule is O=C(NCCn1ccnn1)C1CCCN(C2CCCCC2)C1. The van der Waals surface area contributed by atoms with E-state index < -0.39 is 0 Å². The second-order valence-electron chi connectivity index (χ2n) is 6.58. The van der Waals surface area contributed by atoms with Crippen LogP contribution in [0.15, 0.2) is 12.4 Å². The first-order valence-electron chi connectivity index (χ1n) is 8.69. The van der Waals surface area contributed by atoms with Gasteiger partial charge < -0.3 is 5.32 Å². The molecule has 6 nitrogen and oxygen atoms in total. The van der Waals surface area contributed by atoms with Crippen LogP contribution in [0, 0.1) is 5.92 Å². The van der Waals surface area contributed by atoms with Gasteiger partial charge in [0, 0.05) is 25.3 Å². The molecule has 3 rings (SSSR count). The van der Waals surface area contributed by atoms with Crippen molar-refractivity contribution < 1.29 is 4.79 Å². The van der Waals surface area contributed by atoms with Crippen molar-refractivity contribution in [2.45, 2.75) is 57.5 Å². The van der Waals surface area contributed by atoms with Crippen LogP contribution >= 0.6 is 0 Å². The molecule has 1 atom stereocenters. The fourth-order valence-corrected chi connectivity index (χ4v) is 3.79. The van der Waals surface area contributed by atoms with E-state index in [-0.39, 0.29) is 11.8 Å². The van der Waals surface area contributed by atoms with Gasteiger partial charge >= 0.3 is 0 Å². The first kappa shape index (κ1) is 15.5. The molecule has 6 heteroatoms. The predicted molar refractivity (Wildman–Crippen MR) is 84.2 cm³/mol. The average Bonchev–Trinajstić information content (AvgIpc) is 3.09. The van der Waals surface area contributed by atoms with E-state index in [1.54, 1.807) is 10.9 Å². The second kappa shape index (κ2) is 7.72. The number of nitrogens with zero attached hydrogens (tertiary/aromatic N) is 4. The smallest absolute Gasteiger partial charge is 0.224 e. The normalized spacial score (nSPS) is 24.3. The van der Waals surface area contributed by atoms with Crippen molar-refractivity contribution in [1.29, 1.82) is 0 Å². The number of hydrogen-bond acceptors (Lipinski definition) is 4. The summed E-state index contributed by atoms with van der Waals surface area (Å²) in [5, 5.41) is 10.7. The molecule has 1 unspecified atom stereocenters. The molecule has 1 saturated carbocycles. The number of carbonyl (C=O) groups excluding carboxylic acids is 1. The van der Waals surface area contributed by atoms with Crippen LogP contribution in [-0.4, -0.2) is 51.5 Å². The lowest BCUT2D eigenvalue weighted by Crippen LogP contribution is -2.48. The van der Waals surface area contributed by atoms with E-state index >= 15 is 0 Å². The van der Waals surface area contributed by atoms with Crippen LogP contribution in [0.1, 0.15) is 44.9 Å². The van der Waals surface area contributed by atoms with Gasteiger partial charge in [-0.3, -0.25) is 14.4 Å². The minimum absolute atomic E-state index is 0.159. The lowest BCUT2D eigenvalue weighted by molar-refractivity contribution is -0.127. The number of carbonyl (C=O) groups is 1. The van der Waals surface area contributed by atoms with E-state index in [0.29, 0.717) is 13.1 Å². The highest BCUT2D eigenvalue weighted by atomic mass is 16.1. The van der Waals surface area contributed by atoms with Crippen molar-refractivity contribution in [3.63, 3.8) is 0 Å². The highest BCUT2D eigenvalue weighted by Crippen LogP contribution is 2.27. The molecule has 1 aromatic heterocycles. The molecule has 0 radical (unpaired) electrons. The molecule has 0 bridgehead atoms. The van der Waals surface area contributed by atoms with Gasteiger partial charge in [0.1, 0.15) is 0 Å². The zero-order valence-electron chi connectivity index (χ0n) is 13.3. The summed E-state index contributed by atoms with van der Waals surface area (Å²) >= 11 is 0. The van der Waals surface area contributed by atoms with Gasteiger partial charge in [0.05, 0.1) is 18.7 Å². The topological polar surface area (TPSA) is 63.1 Å². The Hall–Kier alpha value is -1.43. The van der Waals surface area contributed by atoms with Crippen molar-refractivity contribution in [3.05, 3.63) is 12.4 Å². The van der Waals surface area contributed by atoms with Gasteiger partial charge in [0.15, 0.2) is 0 Å². The van der Waals surface area contributed by atoms with E-state index in [0.717, 1.165) is 25.4 Å². The third-order valence-corrected chi connectivity index (χ3v) is 5.03. The average molecular weight is 305 g/mol. The number of likely N-dealkylation sites (tertiary alicyclic amines) is 1. The van der Waals surface area contributed by atoms with Crippen molar-refractivity contribution in [2.24, 2.45) is 5.92 Å². The van der Waals surface area contributed by atoms with Crippen LogP contribution in [0.5, 0.6) is 0 Å². The summed E-state index contributed by atoms with van der Waals surface area (Å²) in [7, 11) is 0. The maximum atomic E-state index is 12.4. The van der Waals surface area contributed by atoms with Crippen LogP contribution in [-0.2, 0) is 11.3 Å². The summed E-state index contributed by atoms with van der Waals surface area (Å²) in [6.07, 6.45) is 12.4. The van der Waals surface area contributed by atoms with Crippen molar-refractivity contribution >= 4 is 5.91 Å². The highest BCUT2D eigenvalue weighted by Gasteiger charge is 2.30. The van der Waals surface area contributed by atoms with E-state index in [9.17, 15) is 4.79 Å². The fourth-order valence-electron chi connectivity index (χ4n) is 3.79. The summed E-state index contributed by atoms with van der Waals surface area (Å²) in [6.45, 7) is 3.43. The Kier molecular flexibility index (Phi) is 5.43. The largest absolute Gasteiger partial charge is 0.354 e. The van der Waals surface area contributed by atoms with Gasteiger partial charge in [-0.15, -0.1) is 5.10 Å². The van der Waals surface area contributed by atoms with E-state index in [1.165, 1.54) is 38.6 Å². The number of hydrogen-bond donors (Lipinski definition) is 1. The Labute approximate surface area is 132 Å². The van der Waals surface area contributed by atoms with Crippen LogP contribution in [0.4, 0.5) is 0 Å². The molecule has 1 N–H and O–H groups in total. The van der Waals surface area contributed by atoms with Crippen molar-refractivity contribution in [2.75, 3.05) is 19.6 Å². The van der Waals surface area contributed by atoms with Crippen LogP contribution in [0.25, 0.3) is 0 Å². The zero-order chi connectivity index (χ0) is 15.2. The molecule has 1 amide bonds. The van der Waals surface area contributed by atoms with Gasteiger partial charge in [-0.05, 0) is 32.2 Å². The number of aromatic nitrogens is 3. The van der Waals surface area contributed by atoms with E-state index in [2.05, 4.69) is 20.5 Å². The summed E-state index contributed by atoms with van der Waals surface area (Å²) in [4.78, 5) is 14.9. The van der Waals surface area contributed by atoms with Gasteiger partial charge in [-0.2, -0.15) is 0 Å². The molecular weight excluding hydrogens is 278 g/mol. The maximum Gasteiger partial charge on any atom is 0.224 e. The molecule has 2 aliphatic rings. The van der Waals surface area contributed by atoms with Gasteiger partial charge in [0.2, 0.25) is 5.91 Å². The van der Waals surface area contributed by atoms with E-state index in [1.807, 2.05) is 6.20 Å². The Morgan fingerprint density at radius 2 is 2.05 bits per heavy atom. The monoisotopic (exact) mass is 305 g/mol. The lowest BCUT2D eigenvalue weighted by Gasteiger charge is -2.39. The van der Waals surface area contributed by atoms with Crippen LogP contribution in [0.2, 0.25) is 0 Å². The van der Waals surface area contributed by atoms with Gasteiger partial charge in [-0.1, -0.05) is 24.5 Å². The third-order valence-electron chi connectivity index (χ3n) is 5.03. The first-order chi connectivity index (χ1) is 10.8. The third kappa shape index (κ3) is 4.06. The predicted octanol–water partition coefficient (Wildman–Crippen LogP) is 1.44. The summed E-state index contributed by atoms with van der Waals surface area (Å²) in [6, 6.07) is 0.722. The first-order valence-corrected chi connectivity index (χ1v) is 8.69. The Morgan fingerprint density at radius 1 is 1.18 bits per heavy atom. The molecule has 1 aliphatic carbocycles. The molecule has 2 heterocycles. The molecule has 0 aromatic carbocycles. The van der Waals surface area contributed by atoms with Crippen molar-refractivity contribution in [1.82, 2.24) is 25.2 Å². The Morgan fingerprint density at radius 3 is 2.82 bits per heavy atom. The second-order valence-corrected chi connectivity index (χ2v) is 6.58. The molecule has 1 aliphatic heterocycles. The zero-order valence-corrected chi connectivity index (χ0v) is 13.3. The molecule has 1 saturated heterocycles. The van der Waals surface area contributed by atoms with Crippen molar-refractivity contribution in [3.8, 4) is 0 Å². The summed E-state index contributed by atoms with van der Waals surface area (Å²) in [5.41, 5.74) is 0. The Bertz CT molecular complexity index is 455.